The average Bonchev–Trinajstić information content (AvgIpc) is 2.16. The summed E-state index contributed by atoms with van der Waals surface area (Å²) in [7, 11) is -1.16. The quantitative estimate of drug-likeness (QED) is 0.418. The van der Waals surface area contributed by atoms with Crippen LogP contribution in [-0.4, -0.2) is 31.1 Å². The van der Waals surface area contributed by atoms with Crippen LogP contribution in [0.25, 0.3) is 0 Å². The zero-order valence-electron chi connectivity index (χ0n) is 10.9. The van der Waals surface area contributed by atoms with Crippen molar-refractivity contribution in [1.82, 2.24) is 4.90 Å². The highest BCUT2D eigenvalue weighted by Crippen LogP contribution is 2.13. The van der Waals surface area contributed by atoms with Crippen molar-refractivity contribution < 1.29 is 9.22 Å². The zero-order chi connectivity index (χ0) is 12.7. The molecule has 3 nitrogen and oxygen atoms in total. The topological polar surface area (TPSA) is 29.5 Å². The Bertz CT molecular complexity index is 246. The first-order valence-electron chi connectivity index (χ1n) is 5.92. The third-order valence-electron chi connectivity index (χ3n) is 2.16. The fourth-order valence-corrected chi connectivity index (χ4v) is 2.66. The van der Waals surface area contributed by atoms with Crippen molar-refractivity contribution in [2.24, 2.45) is 0 Å². The minimum absolute atomic E-state index is 0.0139. The molecule has 0 fully saturated rings. The molecule has 0 aliphatic rings. The molecule has 0 aliphatic heterocycles. The fraction of sp³-hybridized carbons (Fsp3) is 0.818. The predicted molar refractivity (Wildman–Crippen MR) is 74.1 cm³/mol. The van der Waals surface area contributed by atoms with Gasteiger partial charge >= 0.3 is 0 Å². The summed E-state index contributed by atoms with van der Waals surface area (Å²) in [5.74, 6) is -0.0139. The summed E-state index contributed by atoms with van der Waals surface area (Å²) >= 11 is 5.24. The molecule has 0 aromatic heterocycles. The monoisotopic (exact) mass is 261 g/mol. The van der Waals surface area contributed by atoms with Gasteiger partial charge in [-0.05, 0) is 25.9 Å². The standard InChI is InChI=1S/C11H23NO2SSi/c1-6-8-10(14-16(4)5)12(9(3)13)11(15)7-2/h10,16H,6-8H2,1-5H3. The molecule has 1 atom stereocenters. The summed E-state index contributed by atoms with van der Waals surface area (Å²) in [6, 6.07) is 0. The van der Waals surface area contributed by atoms with Crippen molar-refractivity contribution in [2.75, 3.05) is 0 Å². The van der Waals surface area contributed by atoms with Gasteiger partial charge in [0.1, 0.15) is 6.23 Å². The van der Waals surface area contributed by atoms with E-state index in [-0.39, 0.29) is 12.1 Å². The Morgan fingerprint density at radius 1 is 1.44 bits per heavy atom. The minimum Gasteiger partial charge on any atom is -0.400 e. The largest absolute Gasteiger partial charge is 0.400 e. The van der Waals surface area contributed by atoms with Gasteiger partial charge in [-0.3, -0.25) is 9.69 Å². The van der Waals surface area contributed by atoms with Crippen molar-refractivity contribution in [3.8, 4) is 0 Å². The van der Waals surface area contributed by atoms with E-state index in [2.05, 4.69) is 20.0 Å². The Labute approximate surface area is 106 Å². The third-order valence-corrected chi connectivity index (χ3v) is 3.51. The van der Waals surface area contributed by atoms with E-state index in [0.29, 0.717) is 11.4 Å². The fourth-order valence-electron chi connectivity index (χ4n) is 1.53. The first kappa shape index (κ1) is 15.7. The van der Waals surface area contributed by atoms with Crippen molar-refractivity contribution in [3.05, 3.63) is 0 Å². The number of hydrogen-bond donors (Lipinski definition) is 0. The highest BCUT2D eigenvalue weighted by Gasteiger charge is 2.24. The van der Waals surface area contributed by atoms with E-state index in [1.54, 1.807) is 11.8 Å². The summed E-state index contributed by atoms with van der Waals surface area (Å²) in [6.45, 7) is 9.82. The van der Waals surface area contributed by atoms with Crippen LogP contribution in [0.4, 0.5) is 0 Å². The molecule has 5 heteroatoms. The number of amides is 1. The van der Waals surface area contributed by atoms with Crippen LogP contribution in [0.2, 0.25) is 13.1 Å². The third kappa shape index (κ3) is 5.18. The van der Waals surface area contributed by atoms with Crippen molar-refractivity contribution in [3.63, 3.8) is 0 Å². The molecule has 0 rings (SSSR count). The van der Waals surface area contributed by atoms with Crippen LogP contribution in [-0.2, 0) is 9.22 Å². The average molecular weight is 261 g/mol. The molecule has 1 amide bonds. The lowest BCUT2D eigenvalue weighted by Crippen LogP contribution is -2.45. The second-order valence-corrected chi connectivity index (χ2v) is 6.91. The lowest BCUT2D eigenvalue weighted by atomic mass is 10.2. The van der Waals surface area contributed by atoms with E-state index in [1.807, 2.05) is 6.92 Å². The van der Waals surface area contributed by atoms with E-state index >= 15 is 0 Å². The maximum Gasteiger partial charge on any atom is 0.226 e. The molecule has 0 aromatic rings. The molecule has 16 heavy (non-hydrogen) atoms. The van der Waals surface area contributed by atoms with Gasteiger partial charge in [-0.1, -0.05) is 32.5 Å². The maximum atomic E-state index is 11.6. The molecule has 0 spiro atoms. The second-order valence-electron chi connectivity index (χ2n) is 4.06. The Kier molecular flexibility index (Phi) is 7.79. The normalized spacial score (nSPS) is 12.6. The van der Waals surface area contributed by atoms with E-state index in [0.717, 1.165) is 12.8 Å². The zero-order valence-corrected chi connectivity index (χ0v) is 12.9. The van der Waals surface area contributed by atoms with Crippen LogP contribution in [0.5, 0.6) is 0 Å². The highest BCUT2D eigenvalue weighted by atomic mass is 32.1. The van der Waals surface area contributed by atoms with E-state index in [1.165, 1.54) is 0 Å². The summed E-state index contributed by atoms with van der Waals surface area (Å²) < 4.78 is 5.89. The molecule has 0 aliphatic carbocycles. The van der Waals surface area contributed by atoms with Gasteiger partial charge in [0, 0.05) is 6.92 Å². The molecule has 0 aromatic carbocycles. The van der Waals surface area contributed by atoms with Gasteiger partial charge in [0.05, 0.1) is 4.99 Å². The van der Waals surface area contributed by atoms with Crippen LogP contribution in [0.3, 0.4) is 0 Å². The Balaban J connectivity index is 4.78. The van der Waals surface area contributed by atoms with Gasteiger partial charge in [-0.25, -0.2) is 0 Å². The molecular formula is C11H23NO2SSi. The second kappa shape index (κ2) is 7.92. The molecule has 0 bridgehead atoms. The summed E-state index contributed by atoms with van der Waals surface area (Å²) in [5.41, 5.74) is 0. The van der Waals surface area contributed by atoms with Gasteiger partial charge < -0.3 is 4.43 Å². The SMILES string of the molecule is CCCC(O[SiH](C)C)N(C(C)=O)C(=S)CC. The maximum absolute atomic E-state index is 11.6. The van der Waals surface area contributed by atoms with Crippen molar-refractivity contribution >= 4 is 32.2 Å². The van der Waals surface area contributed by atoms with Crippen LogP contribution in [0.15, 0.2) is 0 Å². The number of carbonyl (C=O) groups excluding carboxylic acids is 1. The van der Waals surface area contributed by atoms with Gasteiger partial charge in [-0.2, -0.15) is 0 Å². The molecule has 0 radical (unpaired) electrons. The van der Waals surface area contributed by atoms with Gasteiger partial charge in [-0.15, -0.1) is 0 Å². The number of carbonyl (C=O) groups is 1. The predicted octanol–water partition coefficient (Wildman–Crippen LogP) is 2.70. The number of rotatable bonds is 6. The first-order valence-corrected chi connectivity index (χ1v) is 9.10. The number of nitrogens with zero attached hydrogens (tertiary/aromatic N) is 1. The van der Waals surface area contributed by atoms with Crippen molar-refractivity contribution in [2.45, 2.75) is 59.4 Å². The van der Waals surface area contributed by atoms with Crippen LogP contribution < -0.4 is 0 Å². The van der Waals surface area contributed by atoms with Crippen LogP contribution >= 0.6 is 12.2 Å². The Morgan fingerprint density at radius 2 is 2.00 bits per heavy atom. The molecule has 0 N–H and O–H groups in total. The van der Waals surface area contributed by atoms with Crippen molar-refractivity contribution in [1.29, 1.82) is 0 Å². The van der Waals surface area contributed by atoms with Gasteiger partial charge in [0.2, 0.25) is 5.91 Å². The summed E-state index contributed by atoms with van der Waals surface area (Å²) in [4.78, 5) is 13.9. The molecule has 0 saturated carbocycles. The number of hydrogen-bond acceptors (Lipinski definition) is 3. The first-order chi connectivity index (χ1) is 7.43. The Morgan fingerprint density at radius 3 is 2.31 bits per heavy atom. The van der Waals surface area contributed by atoms with Crippen LogP contribution in [0, 0.1) is 0 Å². The lowest BCUT2D eigenvalue weighted by molar-refractivity contribution is -0.131. The van der Waals surface area contributed by atoms with Gasteiger partial charge in [0.15, 0.2) is 9.04 Å². The summed E-state index contributed by atoms with van der Waals surface area (Å²) in [5, 5.41) is 0. The lowest BCUT2D eigenvalue weighted by Gasteiger charge is -2.32. The molecule has 0 saturated heterocycles. The highest BCUT2D eigenvalue weighted by molar-refractivity contribution is 7.80. The summed E-state index contributed by atoms with van der Waals surface area (Å²) in [6.07, 6.45) is 2.40. The van der Waals surface area contributed by atoms with E-state index in [9.17, 15) is 4.79 Å². The minimum atomic E-state index is -1.16. The molecule has 1 unspecified atom stereocenters. The van der Waals surface area contributed by atoms with E-state index in [4.69, 9.17) is 16.6 Å². The van der Waals surface area contributed by atoms with Crippen LogP contribution in [0.1, 0.15) is 40.0 Å². The van der Waals surface area contributed by atoms with E-state index < -0.39 is 9.04 Å². The Hall–Kier alpha value is -0.263. The molecular weight excluding hydrogens is 238 g/mol. The smallest absolute Gasteiger partial charge is 0.226 e. The molecule has 94 valence electrons. The molecule has 0 heterocycles. The number of thiocarbonyl (C=S) groups is 1. The van der Waals surface area contributed by atoms with Gasteiger partial charge in [0.25, 0.3) is 0 Å².